The standard InChI is InChI=1S/C20H27N3O2/c1-13(2)19(21)20(25)22-16(14-7-8-14)9-10-18(24)23-12-11-15-5-3-4-6-17(15)23/h3-6,9-10,13-14,16,19H,7-8,11-12,21H2,1-2H3,(H,22,25). The number of amides is 2. The molecule has 1 aliphatic heterocycles. The summed E-state index contributed by atoms with van der Waals surface area (Å²) in [5.74, 6) is 0.332. The van der Waals surface area contributed by atoms with Crippen LogP contribution >= 0.6 is 0 Å². The van der Waals surface area contributed by atoms with E-state index in [0.29, 0.717) is 12.5 Å². The smallest absolute Gasteiger partial charge is 0.250 e. The minimum atomic E-state index is -0.518. The van der Waals surface area contributed by atoms with Gasteiger partial charge < -0.3 is 16.0 Å². The first-order valence-electron chi connectivity index (χ1n) is 9.11. The van der Waals surface area contributed by atoms with Crippen LogP contribution in [0.5, 0.6) is 0 Å². The highest BCUT2D eigenvalue weighted by molar-refractivity contribution is 6.03. The second-order valence-corrected chi connectivity index (χ2v) is 7.37. The lowest BCUT2D eigenvalue weighted by molar-refractivity contribution is -0.123. The summed E-state index contributed by atoms with van der Waals surface area (Å²) in [5, 5.41) is 3.00. The van der Waals surface area contributed by atoms with Crippen LogP contribution in [0.2, 0.25) is 0 Å². The molecule has 2 unspecified atom stereocenters. The molecule has 0 saturated heterocycles. The summed E-state index contributed by atoms with van der Waals surface area (Å²) in [6.07, 6.45) is 6.49. The van der Waals surface area contributed by atoms with Crippen LogP contribution in [-0.2, 0) is 16.0 Å². The summed E-state index contributed by atoms with van der Waals surface area (Å²) in [5.41, 5.74) is 8.13. The largest absolute Gasteiger partial charge is 0.348 e. The van der Waals surface area contributed by atoms with Gasteiger partial charge in [0.1, 0.15) is 0 Å². The van der Waals surface area contributed by atoms with Gasteiger partial charge in [-0.1, -0.05) is 38.1 Å². The topological polar surface area (TPSA) is 75.4 Å². The SMILES string of the molecule is CC(C)C(N)C(=O)NC(C=CC(=O)N1CCc2ccccc21)C1CC1. The predicted molar refractivity (Wildman–Crippen MR) is 99.1 cm³/mol. The molecule has 1 fully saturated rings. The van der Waals surface area contributed by atoms with Crippen molar-refractivity contribution in [2.24, 2.45) is 17.6 Å². The number of rotatable bonds is 6. The van der Waals surface area contributed by atoms with Crippen LogP contribution in [0.15, 0.2) is 36.4 Å². The third-order valence-electron chi connectivity index (χ3n) is 5.06. The van der Waals surface area contributed by atoms with E-state index in [4.69, 9.17) is 5.73 Å². The van der Waals surface area contributed by atoms with Crippen LogP contribution in [0, 0.1) is 11.8 Å². The maximum Gasteiger partial charge on any atom is 0.250 e. The zero-order valence-electron chi connectivity index (χ0n) is 14.9. The average molecular weight is 341 g/mol. The Bertz CT molecular complexity index is 679. The summed E-state index contributed by atoms with van der Waals surface area (Å²) in [4.78, 5) is 26.6. The van der Waals surface area contributed by atoms with Crippen LogP contribution in [0.4, 0.5) is 5.69 Å². The first-order valence-corrected chi connectivity index (χ1v) is 9.11. The van der Waals surface area contributed by atoms with Gasteiger partial charge in [-0.3, -0.25) is 9.59 Å². The van der Waals surface area contributed by atoms with Crippen LogP contribution in [0.3, 0.4) is 0 Å². The zero-order chi connectivity index (χ0) is 18.0. The average Bonchev–Trinajstić information content (AvgIpc) is 3.35. The molecule has 3 rings (SSSR count). The van der Waals surface area contributed by atoms with Crippen LogP contribution in [-0.4, -0.2) is 30.4 Å². The van der Waals surface area contributed by atoms with Gasteiger partial charge >= 0.3 is 0 Å². The molecule has 1 aromatic rings. The van der Waals surface area contributed by atoms with Crippen molar-refractivity contribution in [1.29, 1.82) is 0 Å². The molecule has 134 valence electrons. The fourth-order valence-corrected chi connectivity index (χ4v) is 3.18. The maximum atomic E-state index is 12.6. The number of carbonyl (C=O) groups is 2. The van der Waals surface area contributed by atoms with Crippen molar-refractivity contribution in [3.63, 3.8) is 0 Å². The fourth-order valence-electron chi connectivity index (χ4n) is 3.18. The van der Waals surface area contributed by atoms with Gasteiger partial charge in [0, 0.05) is 18.3 Å². The molecular weight excluding hydrogens is 314 g/mol. The summed E-state index contributed by atoms with van der Waals surface area (Å²) >= 11 is 0. The first kappa shape index (κ1) is 17.7. The van der Waals surface area contributed by atoms with Crippen LogP contribution < -0.4 is 16.0 Å². The summed E-state index contributed by atoms with van der Waals surface area (Å²) in [6, 6.07) is 7.37. The monoisotopic (exact) mass is 341 g/mol. The number of nitrogens with two attached hydrogens (primary N) is 1. The van der Waals surface area contributed by atoms with Crippen molar-refractivity contribution < 1.29 is 9.59 Å². The van der Waals surface area contributed by atoms with Gasteiger partial charge in [-0.2, -0.15) is 0 Å². The number of fused-ring (bicyclic) bond motifs is 1. The van der Waals surface area contributed by atoms with Gasteiger partial charge in [0.15, 0.2) is 0 Å². The Kier molecular flexibility index (Phi) is 5.23. The van der Waals surface area contributed by atoms with Crippen molar-refractivity contribution in [2.45, 2.75) is 45.2 Å². The Morgan fingerprint density at radius 1 is 1.28 bits per heavy atom. The third-order valence-corrected chi connectivity index (χ3v) is 5.06. The third kappa shape index (κ3) is 4.10. The van der Waals surface area contributed by atoms with E-state index in [-0.39, 0.29) is 23.8 Å². The Hall–Kier alpha value is -2.14. The van der Waals surface area contributed by atoms with E-state index < -0.39 is 6.04 Å². The van der Waals surface area contributed by atoms with E-state index in [9.17, 15) is 9.59 Å². The number of anilines is 1. The maximum absolute atomic E-state index is 12.6. The number of carbonyl (C=O) groups excluding carboxylic acids is 2. The van der Waals surface area contributed by atoms with Crippen molar-refractivity contribution in [1.82, 2.24) is 5.32 Å². The minimum absolute atomic E-state index is 0.0296. The van der Waals surface area contributed by atoms with E-state index >= 15 is 0 Å². The molecule has 25 heavy (non-hydrogen) atoms. The number of benzene rings is 1. The molecule has 2 amide bonds. The van der Waals surface area contributed by atoms with E-state index in [0.717, 1.165) is 24.9 Å². The van der Waals surface area contributed by atoms with Gasteiger partial charge in [0.25, 0.3) is 5.91 Å². The van der Waals surface area contributed by atoms with Crippen molar-refractivity contribution in [3.05, 3.63) is 42.0 Å². The second-order valence-electron chi connectivity index (χ2n) is 7.37. The van der Waals surface area contributed by atoms with Crippen LogP contribution in [0.1, 0.15) is 32.3 Å². The second kappa shape index (κ2) is 7.40. The minimum Gasteiger partial charge on any atom is -0.348 e. The van der Waals surface area contributed by atoms with E-state index in [2.05, 4.69) is 11.4 Å². The van der Waals surface area contributed by atoms with Gasteiger partial charge in [-0.25, -0.2) is 0 Å². The molecule has 1 heterocycles. The lowest BCUT2D eigenvalue weighted by atomic mass is 10.0. The van der Waals surface area contributed by atoms with E-state index in [1.807, 2.05) is 38.1 Å². The Balaban J connectivity index is 1.64. The molecular formula is C20H27N3O2. The quantitative estimate of drug-likeness (QED) is 0.777. The molecule has 5 nitrogen and oxygen atoms in total. The number of hydrogen-bond acceptors (Lipinski definition) is 3. The van der Waals surface area contributed by atoms with Gasteiger partial charge in [0.2, 0.25) is 5.91 Å². The molecule has 1 aliphatic carbocycles. The van der Waals surface area contributed by atoms with E-state index in [1.165, 1.54) is 5.56 Å². The number of hydrogen-bond donors (Lipinski definition) is 2. The van der Waals surface area contributed by atoms with Gasteiger partial charge in [-0.05, 0) is 42.7 Å². The molecule has 3 N–H and O–H groups in total. The van der Waals surface area contributed by atoms with Gasteiger partial charge in [0.05, 0.1) is 12.1 Å². The molecule has 5 heteroatoms. The van der Waals surface area contributed by atoms with Crippen molar-refractivity contribution >= 4 is 17.5 Å². The zero-order valence-corrected chi connectivity index (χ0v) is 14.9. The molecule has 2 aliphatic rings. The van der Waals surface area contributed by atoms with E-state index in [1.54, 1.807) is 11.0 Å². The Labute approximate surface area is 149 Å². The van der Waals surface area contributed by atoms with Crippen LogP contribution in [0.25, 0.3) is 0 Å². The summed E-state index contributed by atoms with van der Waals surface area (Å²) < 4.78 is 0. The molecule has 0 radical (unpaired) electrons. The highest BCUT2D eigenvalue weighted by Gasteiger charge is 2.32. The Morgan fingerprint density at radius 2 is 2.00 bits per heavy atom. The molecule has 1 saturated carbocycles. The van der Waals surface area contributed by atoms with Gasteiger partial charge in [-0.15, -0.1) is 0 Å². The predicted octanol–water partition coefficient (Wildman–Crippen LogP) is 2.01. The fraction of sp³-hybridized carbons (Fsp3) is 0.500. The lowest BCUT2D eigenvalue weighted by Crippen LogP contribution is -2.48. The number of nitrogens with one attached hydrogen (secondary N) is 1. The Morgan fingerprint density at radius 3 is 2.68 bits per heavy atom. The normalized spacial score (nSPS) is 19.1. The molecule has 2 atom stereocenters. The number of nitrogens with zero attached hydrogens (tertiary/aromatic N) is 1. The molecule has 0 spiro atoms. The summed E-state index contributed by atoms with van der Waals surface area (Å²) in [6.45, 7) is 4.57. The molecule has 0 aromatic heterocycles. The number of para-hydroxylation sites is 1. The van der Waals surface area contributed by atoms with Crippen molar-refractivity contribution in [2.75, 3.05) is 11.4 Å². The first-order chi connectivity index (χ1) is 12.0. The molecule has 1 aromatic carbocycles. The highest BCUT2D eigenvalue weighted by Crippen LogP contribution is 2.33. The van der Waals surface area contributed by atoms with Crippen molar-refractivity contribution in [3.8, 4) is 0 Å². The summed E-state index contributed by atoms with van der Waals surface area (Å²) in [7, 11) is 0. The highest BCUT2D eigenvalue weighted by atomic mass is 16.2. The molecule has 0 bridgehead atoms. The lowest BCUT2D eigenvalue weighted by Gasteiger charge is -2.20.